The van der Waals surface area contributed by atoms with Gasteiger partial charge in [0.15, 0.2) is 17.3 Å². The monoisotopic (exact) mass is 338 g/mol. The predicted molar refractivity (Wildman–Crippen MR) is 98.5 cm³/mol. The molecule has 1 aromatic heterocycles. The van der Waals surface area contributed by atoms with Gasteiger partial charge in [-0.1, -0.05) is 30.3 Å². The quantitative estimate of drug-likeness (QED) is 0.670. The largest absolute Gasteiger partial charge is 0.493 e. The number of hydrogen-bond acceptors (Lipinski definition) is 4. The van der Waals surface area contributed by atoms with Crippen molar-refractivity contribution in [3.05, 3.63) is 59.8 Å². The van der Waals surface area contributed by atoms with Crippen LogP contribution in [-0.2, 0) is 6.54 Å². The second kappa shape index (κ2) is 7.40. The highest BCUT2D eigenvalue weighted by molar-refractivity contribution is 6.08. The second-order valence-corrected chi connectivity index (χ2v) is 6.00. The minimum absolute atomic E-state index is 0.0850. The smallest absolute Gasteiger partial charge is 0.178 e. The first kappa shape index (κ1) is 17.0. The van der Waals surface area contributed by atoms with Crippen molar-refractivity contribution in [2.75, 3.05) is 27.8 Å². The van der Waals surface area contributed by atoms with Crippen molar-refractivity contribution in [2.24, 2.45) is 0 Å². The summed E-state index contributed by atoms with van der Waals surface area (Å²) < 4.78 is 10.8. The Morgan fingerprint density at radius 1 is 1.08 bits per heavy atom. The number of carbonyl (C=O) groups excluding carboxylic acids is 1. The van der Waals surface area contributed by atoms with E-state index in [0.717, 1.165) is 22.0 Å². The average Bonchev–Trinajstić information content (AvgIpc) is 3.05. The maximum atomic E-state index is 12.7. The highest BCUT2D eigenvalue weighted by Crippen LogP contribution is 2.31. The molecule has 0 radical (unpaired) electrons. The molecule has 0 bridgehead atoms. The molecule has 5 heteroatoms. The Kier molecular flexibility index (Phi) is 5.05. The van der Waals surface area contributed by atoms with Crippen molar-refractivity contribution in [2.45, 2.75) is 6.54 Å². The normalized spacial score (nSPS) is 11.0. The molecule has 0 aliphatic heterocycles. The van der Waals surface area contributed by atoms with Gasteiger partial charge in [-0.05, 0) is 19.2 Å². The minimum atomic E-state index is 0.0850. The van der Waals surface area contributed by atoms with Gasteiger partial charge < -0.3 is 14.5 Å². The molecule has 0 atom stereocenters. The number of Topliss-reactive ketones (excluding diaryl/α,β-unsaturated/α-hetero) is 1. The fraction of sp³-hybridized carbons (Fsp3) is 0.250. The summed E-state index contributed by atoms with van der Waals surface area (Å²) in [4.78, 5) is 17.8. The number of ketones is 1. The van der Waals surface area contributed by atoms with E-state index < -0.39 is 0 Å². The van der Waals surface area contributed by atoms with E-state index in [-0.39, 0.29) is 5.78 Å². The van der Waals surface area contributed by atoms with Gasteiger partial charge in [-0.2, -0.15) is 0 Å². The number of H-pyrrole nitrogens is 1. The molecule has 0 aliphatic rings. The molecule has 0 unspecified atom stereocenters. The lowest BCUT2D eigenvalue weighted by Crippen LogP contribution is -2.25. The fourth-order valence-corrected chi connectivity index (χ4v) is 3.06. The van der Waals surface area contributed by atoms with Crippen molar-refractivity contribution >= 4 is 16.7 Å². The molecule has 3 rings (SSSR count). The summed E-state index contributed by atoms with van der Waals surface area (Å²) in [6, 6.07) is 13.6. The van der Waals surface area contributed by atoms with Crippen LogP contribution in [0.1, 0.15) is 15.9 Å². The number of methoxy groups -OCH3 is 2. The van der Waals surface area contributed by atoms with E-state index in [1.807, 2.05) is 54.4 Å². The molecule has 1 N–H and O–H groups in total. The molecule has 0 aliphatic carbocycles. The molecule has 25 heavy (non-hydrogen) atoms. The Bertz CT molecular complexity index is 886. The zero-order chi connectivity index (χ0) is 17.8. The van der Waals surface area contributed by atoms with E-state index in [2.05, 4.69) is 4.98 Å². The van der Waals surface area contributed by atoms with Crippen LogP contribution in [0.25, 0.3) is 10.9 Å². The third-order valence-corrected chi connectivity index (χ3v) is 4.23. The zero-order valence-electron chi connectivity index (χ0n) is 14.7. The van der Waals surface area contributed by atoms with E-state index in [4.69, 9.17) is 9.47 Å². The number of ether oxygens (including phenoxy) is 2. The molecule has 0 amide bonds. The van der Waals surface area contributed by atoms with Gasteiger partial charge >= 0.3 is 0 Å². The van der Waals surface area contributed by atoms with Crippen LogP contribution in [0.5, 0.6) is 11.5 Å². The summed E-state index contributed by atoms with van der Waals surface area (Å²) in [6.45, 7) is 0.913. The number of hydrogen-bond donors (Lipinski definition) is 1. The number of nitrogens with one attached hydrogen (secondary N) is 1. The van der Waals surface area contributed by atoms with Crippen LogP contribution in [0, 0.1) is 0 Å². The van der Waals surface area contributed by atoms with Gasteiger partial charge in [0.1, 0.15) is 0 Å². The maximum absolute atomic E-state index is 12.7. The van der Waals surface area contributed by atoms with Gasteiger partial charge in [-0.15, -0.1) is 0 Å². The van der Waals surface area contributed by atoms with Crippen LogP contribution >= 0.6 is 0 Å². The van der Waals surface area contributed by atoms with Crippen molar-refractivity contribution in [1.82, 2.24) is 9.88 Å². The van der Waals surface area contributed by atoms with Crippen LogP contribution in [-0.4, -0.2) is 43.5 Å². The third kappa shape index (κ3) is 3.51. The number of aromatic nitrogens is 1. The molecular weight excluding hydrogens is 316 g/mol. The number of nitrogens with zero attached hydrogens (tertiary/aromatic N) is 1. The SMILES string of the molecule is COc1cccc(CN(C)CC(=O)c2c[nH]c3ccccc23)c1OC. The molecule has 0 saturated carbocycles. The summed E-state index contributed by atoms with van der Waals surface area (Å²) in [5, 5.41) is 0.958. The van der Waals surface area contributed by atoms with Gasteiger partial charge in [-0.25, -0.2) is 0 Å². The first-order chi connectivity index (χ1) is 12.1. The topological polar surface area (TPSA) is 54.6 Å². The van der Waals surface area contributed by atoms with Crippen molar-refractivity contribution < 1.29 is 14.3 Å². The average molecular weight is 338 g/mol. The Hall–Kier alpha value is -2.79. The number of likely N-dealkylation sites (N-methyl/N-ethyl adjacent to an activating group) is 1. The van der Waals surface area contributed by atoms with Gasteiger partial charge in [0.2, 0.25) is 0 Å². The Labute approximate surface area is 147 Å². The second-order valence-electron chi connectivity index (χ2n) is 6.00. The summed E-state index contributed by atoms with van der Waals surface area (Å²) in [6.07, 6.45) is 1.78. The molecule has 3 aromatic rings. The maximum Gasteiger partial charge on any atom is 0.178 e. The van der Waals surface area contributed by atoms with E-state index in [9.17, 15) is 4.79 Å². The molecule has 0 fully saturated rings. The summed E-state index contributed by atoms with van der Waals surface area (Å²) in [5.41, 5.74) is 2.68. The first-order valence-electron chi connectivity index (χ1n) is 8.11. The molecule has 0 saturated heterocycles. The summed E-state index contributed by atoms with van der Waals surface area (Å²) in [5.74, 6) is 1.48. The molecule has 1 heterocycles. The highest BCUT2D eigenvalue weighted by atomic mass is 16.5. The number of rotatable bonds is 7. The van der Waals surface area contributed by atoms with Crippen LogP contribution < -0.4 is 9.47 Å². The lowest BCUT2D eigenvalue weighted by atomic mass is 10.1. The lowest BCUT2D eigenvalue weighted by molar-refractivity contribution is 0.0944. The number of aromatic amines is 1. The van der Waals surface area contributed by atoms with E-state index in [1.165, 1.54) is 0 Å². The first-order valence-corrected chi connectivity index (χ1v) is 8.11. The molecule has 130 valence electrons. The van der Waals surface area contributed by atoms with Crippen LogP contribution in [0.15, 0.2) is 48.7 Å². The molecule has 2 aromatic carbocycles. The number of para-hydroxylation sites is 2. The number of fused-ring (bicyclic) bond motifs is 1. The highest BCUT2D eigenvalue weighted by Gasteiger charge is 2.16. The lowest BCUT2D eigenvalue weighted by Gasteiger charge is -2.19. The zero-order valence-corrected chi connectivity index (χ0v) is 14.7. The number of carbonyl (C=O) groups is 1. The van der Waals surface area contributed by atoms with Gasteiger partial charge in [0, 0.05) is 34.8 Å². The van der Waals surface area contributed by atoms with Crippen molar-refractivity contribution in [1.29, 1.82) is 0 Å². The van der Waals surface area contributed by atoms with E-state index in [0.29, 0.717) is 24.6 Å². The Morgan fingerprint density at radius 2 is 1.88 bits per heavy atom. The van der Waals surface area contributed by atoms with Crippen molar-refractivity contribution in [3.8, 4) is 11.5 Å². The van der Waals surface area contributed by atoms with E-state index in [1.54, 1.807) is 20.4 Å². The number of benzene rings is 2. The Balaban J connectivity index is 1.75. The van der Waals surface area contributed by atoms with Gasteiger partial charge in [-0.3, -0.25) is 9.69 Å². The van der Waals surface area contributed by atoms with Crippen LogP contribution in [0.2, 0.25) is 0 Å². The predicted octanol–water partition coefficient (Wildman–Crippen LogP) is 3.50. The summed E-state index contributed by atoms with van der Waals surface area (Å²) in [7, 11) is 5.16. The van der Waals surface area contributed by atoms with E-state index >= 15 is 0 Å². The van der Waals surface area contributed by atoms with Crippen molar-refractivity contribution in [3.63, 3.8) is 0 Å². The minimum Gasteiger partial charge on any atom is -0.493 e. The molecule has 0 spiro atoms. The van der Waals surface area contributed by atoms with Crippen LogP contribution in [0.4, 0.5) is 0 Å². The summed E-state index contributed by atoms with van der Waals surface area (Å²) >= 11 is 0. The van der Waals surface area contributed by atoms with Gasteiger partial charge in [0.25, 0.3) is 0 Å². The molecular formula is C20H22N2O3. The standard InChI is InChI=1S/C20H22N2O3/c1-22(12-14-7-6-10-19(24-2)20(14)25-3)13-18(23)16-11-21-17-9-5-4-8-15(16)17/h4-11,21H,12-13H2,1-3H3. The fourth-order valence-electron chi connectivity index (χ4n) is 3.06. The third-order valence-electron chi connectivity index (χ3n) is 4.23. The molecule has 5 nitrogen and oxygen atoms in total. The Morgan fingerprint density at radius 3 is 2.64 bits per heavy atom. The van der Waals surface area contributed by atoms with Gasteiger partial charge in [0.05, 0.1) is 20.8 Å². The van der Waals surface area contributed by atoms with Crippen LogP contribution in [0.3, 0.4) is 0 Å².